The van der Waals surface area contributed by atoms with Crippen LogP contribution in [0.15, 0.2) is 42.5 Å². The van der Waals surface area contributed by atoms with Crippen LogP contribution < -0.4 is 10.1 Å². The van der Waals surface area contributed by atoms with Crippen LogP contribution in [-0.4, -0.2) is 25.1 Å². The van der Waals surface area contributed by atoms with Crippen molar-refractivity contribution >= 4 is 17.6 Å². The monoisotopic (exact) mass is 349 g/mol. The van der Waals surface area contributed by atoms with Crippen molar-refractivity contribution in [1.82, 2.24) is 0 Å². The Morgan fingerprint density at radius 2 is 1.84 bits per heavy atom. The second-order valence-corrected chi connectivity index (χ2v) is 5.33. The van der Waals surface area contributed by atoms with Crippen molar-refractivity contribution in [3.8, 4) is 5.75 Å². The van der Waals surface area contributed by atoms with Crippen LogP contribution in [0.2, 0.25) is 0 Å². The number of halogens is 2. The molecule has 0 aliphatic heterocycles. The van der Waals surface area contributed by atoms with Crippen molar-refractivity contribution in [1.29, 1.82) is 0 Å². The van der Waals surface area contributed by atoms with Crippen molar-refractivity contribution in [2.45, 2.75) is 20.5 Å². The molecule has 0 aromatic heterocycles. The van der Waals surface area contributed by atoms with E-state index in [0.717, 1.165) is 17.2 Å². The van der Waals surface area contributed by atoms with Crippen molar-refractivity contribution in [3.63, 3.8) is 0 Å². The maximum absolute atomic E-state index is 12.2. The number of nitrogens with one attached hydrogen (secondary N) is 1. The molecule has 0 saturated carbocycles. The first-order valence-electron chi connectivity index (χ1n) is 7.44. The van der Waals surface area contributed by atoms with E-state index in [9.17, 15) is 18.4 Å². The number of alkyl halides is 2. The summed E-state index contributed by atoms with van der Waals surface area (Å²) < 4.78 is 33.4. The predicted octanol–water partition coefficient (Wildman–Crippen LogP) is 3.70. The van der Waals surface area contributed by atoms with Gasteiger partial charge in [0.15, 0.2) is 6.61 Å². The summed E-state index contributed by atoms with van der Waals surface area (Å²) in [4.78, 5) is 23.7. The molecule has 2 aromatic carbocycles. The Hall–Kier alpha value is -2.96. The minimum Gasteiger partial charge on any atom is -0.452 e. The maximum Gasteiger partial charge on any atom is 0.387 e. The minimum atomic E-state index is -2.99. The lowest BCUT2D eigenvalue weighted by molar-refractivity contribution is -0.119. The third kappa shape index (κ3) is 5.56. The van der Waals surface area contributed by atoms with E-state index in [0.29, 0.717) is 5.69 Å². The Bertz CT molecular complexity index is 777. The van der Waals surface area contributed by atoms with Crippen LogP contribution in [-0.2, 0) is 9.53 Å². The highest BCUT2D eigenvalue weighted by molar-refractivity contribution is 5.95. The van der Waals surface area contributed by atoms with Gasteiger partial charge in [-0.2, -0.15) is 8.78 Å². The number of rotatable bonds is 6. The molecule has 7 heteroatoms. The normalized spacial score (nSPS) is 10.4. The third-order valence-electron chi connectivity index (χ3n) is 3.42. The number of ether oxygens (including phenoxy) is 2. The highest BCUT2D eigenvalue weighted by Crippen LogP contribution is 2.17. The van der Waals surface area contributed by atoms with Crippen molar-refractivity contribution in [2.75, 3.05) is 11.9 Å². The number of benzene rings is 2. The van der Waals surface area contributed by atoms with Crippen molar-refractivity contribution in [3.05, 3.63) is 59.2 Å². The lowest BCUT2D eigenvalue weighted by Gasteiger charge is -2.09. The summed E-state index contributed by atoms with van der Waals surface area (Å²) in [7, 11) is 0. The molecule has 0 aliphatic carbocycles. The van der Waals surface area contributed by atoms with Crippen molar-refractivity contribution < 1.29 is 27.8 Å². The predicted molar refractivity (Wildman–Crippen MR) is 87.9 cm³/mol. The lowest BCUT2D eigenvalue weighted by Crippen LogP contribution is -2.21. The van der Waals surface area contributed by atoms with Gasteiger partial charge in [0.2, 0.25) is 0 Å². The Labute approximate surface area is 143 Å². The molecule has 5 nitrogen and oxygen atoms in total. The Morgan fingerprint density at radius 1 is 1.08 bits per heavy atom. The van der Waals surface area contributed by atoms with E-state index in [1.807, 2.05) is 19.9 Å². The van der Waals surface area contributed by atoms with E-state index in [1.165, 1.54) is 18.2 Å². The number of anilines is 1. The van der Waals surface area contributed by atoms with Gasteiger partial charge >= 0.3 is 12.6 Å². The van der Waals surface area contributed by atoms with Gasteiger partial charge in [0.05, 0.1) is 5.56 Å². The van der Waals surface area contributed by atoms with Gasteiger partial charge in [-0.1, -0.05) is 12.1 Å². The molecule has 0 bridgehead atoms. The molecule has 0 aliphatic rings. The van der Waals surface area contributed by atoms with Crippen LogP contribution in [0, 0.1) is 13.8 Å². The molecule has 0 unspecified atom stereocenters. The molecule has 2 aromatic rings. The van der Waals surface area contributed by atoms with E-state index in [1.54, 1.807) is 12.1 Å². The van der Waals surface area contributed by atoms with Crippen LogP contribution >= 0.6 is 0 Å². The second kappa shape index (κ2) is 8.23. The molecule has 0 fully saturated rings. The molecule has 1 N–H and O–H groups in total. The first kappa shape index (κ1) is 18.4. The first-order valence-corrected chi connectivity index (χ1v) is 7.44. The summed E-state index contributed by atoms with van der Waals surface area (Å²) in [5.41, 5.74) is 2.72. The largest absolute Gasteiger partial charge is 0.452 e. The summed E-state index contributed by atoms with van der Waals surface area (Å²) in [5, 5.41) is 2.61. The molecule has 2 rings (SSSR count). The number of hydrogen-bond donors (Lipinski definition) is 1. The van der Waals surface area contributed by atoms with E-state index >= 15 is 0 Å². The zero-order chi connectivity index (χ0) is 18.4. The number of amides is 1. The number of hydrogen-bond acceptors (Lipinski definition) is 4. The van der Waals surface area contributed by atoms with Crippen LogP contribution in [0.25, 0.3) is 0 Å². The van der Waals surface area contributed by atoms with Gasteiger partial charge in [-0.15, -0.1) is 0 Å². The Kier molecular flexibility index (Phi) is 6.05. The fourth-order valence-corrected chi connectivity index (χ4v) is 2.03. The van der Waals surface area contributed by atoms with E-state index in [2.05, 4.69) is 10.1 Å². The summed E-state index contributed by atoms with van der Waals surface area (Å²) in [5.74, 6) is -1.48. The fraction of sp³-hybridized carbons (Fsp3) is 0.222. The number of carbonyl (C=O) groups is 2. The van der Waals surface area contributed by atoms with Gasteiger partial charge in [0, 0.05) is 5.69 Å². The quantitative estimate of drug-likeness (QED) is 0.808. The number of carbonyl (C=O) groups excluding carboxylic acids is 2. The maximum atomic E-state index is 12.2. The van der Waals surface area contributed by atoms with Crippen molar-refractivity contribution in [2.24, 2.45) is 0 Å². The van der Waals surface area contributed by atoms with E-state index in [-0.39, 0.29) is 11.3 Å². The van der Waals surface area contributed by atoms with Crippen LogP contribution in [0.5, 0.6) is 5.75 Å². The summed E-state index contributed by atoms with van der Waals surface area (Å²) in [6, 6.07) is 10.6. The van der Waals surface area contributed by atoms with Gasteiger partial charge in [0.1, 0.15) is 5.75 Å². The molecule has 132 valence electrons. The topological polar surface area (TPSA) is 64.6 Å². The molecule has 0 heterocycles. The highest BCUT2D eigenvalue weighted by Gasteiger charge is 2.13. The molecule has 0 radical (unpaired) electrons. The first-order chi connectivity index (χ1) is 11.8. The molecule has 25 heavy (non-hydrogen) atoms. The van der Waals surface area contributed by atoms with E-state index < -0.39 is 25.1 Å². The molecule has 0 spiro atoms. The Morgan fingerprint density at radius 3 is 2.52 bits per heavy atom. The smallest absolute Gasteiger partial charge is 0.387 e. The standard InChI is InChI=1S/C18H17F2NO4/c1-11-6-7-14(8-12(11)2)21-16(22)10-24-17(23)13-4-3-5-15(9-13)25-18(19)20/h3-9,18H,10H2,1-2H3,(H,21,22). The zero-order valence-corrected chi connectivity index (χ0v) is 13.7. The minimum absolute atomic E-state index is 0.0112. The zero-order valence-electron chi connectivity index (χ0n) is 13.7. The fourth-order valence-electron chi connectivity index (χ4n) is 2.03. The molecule has 1 amide bonds. The van der Waals surface area contributed by atoms with Gasteiger partial charge < -0.3 is 14.8 Å². The average Bonchev–Trinajstić information content (AvgIpc) is 2.55. The molecule has 0 atom stereocenters. The van der Waals surface area contributed by atoms with E-state index in [4.69, 9.17) is 4.74 Å². The third-order valence-corrected chi connectivity index (χ3v) is 3.42. The molecular weight excluding hydrogens is 332 g/mol. The average molecular weight is 349 g/mol. The van der Waals surface area contributed by atoms with Gasteiger partial charge in [-0.25, -0.2) is 4.79 Å². The van der Waals surface area contributed by atoms with Gasteiger partial charge in [-0.3, -0.25) is 4.79 Å². The number of esters is 1. The van der Waals surface area contributed by atoms with Crippen LogP contribution in [0.3, 0.4) is 0 Å². The van der Waals surface area contributed by atoms with Crippen LogP contribution in [0.1, 0.15) is 21.5 Å². The molecular formula is C18H17F2NO4. The van der Waals surface area contributed by atoms with Gasteiger partial charge in [-0.05, 0) is 55.3 Å². The number of aryl methyl sites for hydroxylation is 2. The SMILES string of the molecule is Cc1ccc(NC(=O)COC(=O)c2cccc(OC(F)F)c2)cc1C. The summed E-state index contributed by atoms with van der Waals surface area (Å²) >= 11 is 0. The van der Waals surface area contributed by atoms with Gasteiger partial charge in [0.25, 0.3) is 5.91 Å². The Balaban J connectivity index is 1.90. The summed E-state index contributed by atoms with van der Waals surface area (Å²) in [6.07, 6.45) is 0. The summed E-state index contributed by atoms with van der Waals surface area (Å²) in [6.45, 7) is 0.384. The molecule has 0 saturated heterocycles. The second-order valence-electron chi connectivity index (χ2n) is 5.33. The highest BCUT2D eigenvalue weighted by atomic mass is 19.3. The lowest BCUT2D eigenvalue weighted by atomic mass is 10.1. The van der Waals surface area contributed by atoms with Crippen LogP contribution in [0.4, 0.5) is 14.5 Å².